The molecule has 3 rings (SSSR count). The maximum Gasteiger partial charge on any atom is 0.335 e. The summed E-state index contributed by atoms with van der Waals surface area (Å²) in [6.45, 7) is 0. The summed E-state index contributed by atoms with van der Waals surface area (Å²) in [7, 11) is 0. The number of alkyl halides is 2. The monoisotopic (exact) mass is 313 g/mol. The summed E-state index contributed by atoms with van der Waals surface area (Å²) in [5, 5.41) is 13.8. The Hall–Kier alpha value is -2.55. The third kappa shape index (κ3) is 2.11. The largest absolute Gasteiger partial charge is 0.335 e. The van der Waals surface area contributed by atoms with E-state index in [-0.39, 0.29) is 5.95 Å². The van der Waals surface area contributed by atoms with Gasteiger partial charge in [0.1, 0.15) is 0 Å². The Morgan fingerprint density at radius 3 is 2.67 bits per heavy atom. The van der Waals surface area contributed by atoms with Crippen LogP contribution in [0.25, 0.3) is 17.0 Å². The van der Waals surface area contributed by atoms with Crippen LogP contribution in [0.5, 0.6) is 0 Å². The van der Waals surface area contributed by atoms with Crippen LogP contribution in [0.15, 0.2) is 24.3 Å². The van der Waals surface area contributed by atoms with Crippen molar-refractivity contribution in [2.24, 2.45) is 0 Å². The van der Waals surface area contributed by atoms with Crippen molar-refractivity contribution in [2.75, 3.05) is 0 Å². The highest BCUT2D eigenvalue weighted by Crippen LogP contribution is 2.35. The third-order valence-electron chi connectivity index (χ3n) is 2.80. The number of hydrogen-bond acceptors (Lipinski definition) is 4. The molecular formula is C11H6ClF2N5O2. The Morgan fingerprint density at radius 2 is 2.10 bits per heavy atom. The number of aromatic nitrogens is 4. The Morgan fingerprint density at radius 1 is 1.38 bits per heavy atom. The molecule has 0 atom stereocenters. The zero-order chi connectivity index (χ0) is 15.1. The number of para-hydroxylation sites is 2. The second-order valence-corrected chi connectivity index (χ2v) is 4.43. The highest BCUT2D eigenvalue weighted by Gasteiger charge is 2.33. The molecule has 0 aliphatic heterocycles. The Kier molecular flexibility index (Phi) is 3.05. The molecule has 10 heteroatoms. The van der Waals surface area contributed by atoms with Gasteiger partial charge in [-0.2, -0.15) is 9.78 Å². The minimum atomic E-state index is -3.12. The first-order chi connectivity index (χ1) is 9.99. The topological polar surface area (TPSA) is 89.6 Å². The highest BCUT2D eigenvalue weighted by atomic mass is 35.5. The Labute approximate surface area is 120 Å². The molecule has 2 heterocycles. The molecule has 0 unspecified atom stereocenters. The lowest BCUT2D eigenvalue weighted by Gasteiger charge is -1.95. The molecule has 0 saturated heterocycles. The summed E-state index contributed by atoms with van der Waals surface area (Å²) in [5.74, 6) is 0.0243. The van der Waals surface area contributed by atoms with Gasteiger partial charge in [0.05, 0.1) is 16.0 Å². The van der Waals surface area contributed by atoms with Gasteiger partial charge < -0.3 is 4.98 Å². The molecule has 0 amide bonds. The standard InChI is InChI=1S/C11H6ClF2N5O2/c12-9-8(19(20)21)7(10(13)14)17-18(9)11-15-5-3-1-2-4-6(5)16-11/h1-4,10H,(H,15,16). The summed E-state index contributed by atoms with van der Waals surface area (Å²) in [5.41, 5.74) is -0.738. The van der Waals surface area contributed by atoms with Gasteiger partial charge in [-0.3, -0.25) is 10.1 Å². The molecule has 0 aliphatic carbocycles. The van der Waals surface area contributed by atoms with Crippen LogP contribution < -0.4 is 0 Å². The van der Waals surface area contributed by atoms with Gasteiger partial charge in [-0.1, -0.05) is 23.7 Å². The van der Waals surface area contributed by atoms with Crippen LogP contribution >= 0.6 is 11.6 Å². The first kappa shape index (κ1) is 13.4. The average Bonchev–Trinajstić information content (AvgIpc) is 2.98. The molecule has 0 radical (unpaired) electrons. The van der Waals surface area contributed by atoms with E-state index in [1.54, 1.807) is 24.3 Å². The molecule has 0 bridgehead atoms. The molecule has 0 aliphatic rings. The van der Waals surface area contributed by atoms with Crippen LogP contribution in [0.2, 0.25) is 5.15 Å². The summed E-state index contributed by atoms with van der Waals surface area (Å²) < 4.78 is 26.5. The van der Waals surface area contributed by atoms with Crippen LogP contribution in [0.1, 0.15) is 12.1 Å². The number of nitrogens with zero attached hydrogens (tertiary/aromatic N) is 4. The van der Waals surface area contributed by atoms with Crippen molar-refractivity contribution in [1.29, 1.82) is 0 Å². The SMILES string of the molecule is O=[N+]([O-])c1c(C(F)F)nn(-c2nc3ccccc3[nH]2)c1Cl. The van der Waals surface area contributed by atoms with Gasteiger partial charge in [0, 0.05) is 0 Å². The maximum absolute atomic E-state index is 12.8. The first-order valence-electron chi connectivity index (χ1n) is 5.65. The van der Waals surface area contributed by atoms with Crippen LogP contribution in [0.4, 0.5) is 14.5 Å². The number of nitro groups is 1. The van der Waals surface area contributed by atoms with Gasteiger partial charge in [0.25, 0.3) is 6.43 Å². The van der Waals surface area contributed by atoms with E-state index >= 15 is 0 Å². The fourth-order valence-corrected chi connectivity index (χ4v) is 2.18. The molecule has 0 fully saturated rings. The fraction of sp³-hybridized carbons (Fsp3) is 0.0909. The molecule has 0 saturated carbocycles. The minimum absolute atomic E-state index is 0.0243. The van der Waals surface area contributed by atoms with Crippen LogP contribution in [0.3, 0.4) is 0 Å². The number of imidazole rings is 1. The normalized spacial score (nSPS) is 11.4. The molecule has 108 valence electrons. The van der Waals surface area contributed by atoms with E-state index in [4.69, 9.17) is 11.6 Å². The Bertz CT molecular complexity index is 811. The predicted molar refractivity (Wildman–Crippen MR) is 69.8 cm³/mol. The molecule has 7 nitrogen and oxygen atoms in total. The minimum Gasteiger partial charge on any atom is -0.322 e. The second kappa shape index (κ2) is 4.77. The third-order valence-corrected chi connectivity index (χ3v) is 3.14. The number of nitrogens with one attached hydrogen (secondary N) is 1. The number of hydrogen-bond donors (Lipinski definition) is 1. The molecular weight excluding hydrogens is 308 g/mol. The lowest BCUT2D eigenvalue weighted by molar-refractivity contribution is -0.386. The molecule has 1 aromatic carbocycles. The maximum atomic E-state index is 12.8. The second-order valence-electron chi connectivity index (χ2n) is 4.07. The lowest BCUT2D eigenvalue weighted by atomic mass is 10.3. The first-order valence-corrected chi connectivity index (χ1v) is 6.03. The van der Waals surface area contributed by atoms with Crippen molar-refractivity contribution in [1.82, 2.24) is 19.7 Å². The van der Waals surface area contributed by atoms with E-state index < -0.39 is 27.9 Å². The molecule has 21 heavy (non-hydrogen) atoms. The molecule has 3 aromatic rings. The fourth-order valence-electron chi connectivity index (χ4n) is 1.90. The smallest absolute Gasteiger partial charge is 0.322 e. The summed E-state index contributed by atoms with van der Waals surface area (Å²) in [6.07, 6.45) is -3.12. The zero-order valence-electron chi connectivity index (χ0n) is 10.1. The van der Waals surface area contributed by atoms with E-state index in [0.29, 0.717) is 11.0 Å². The predicted octanol–water partition coefficient (Wildman–Crippen LogP) is 3.25. The number of benzene rings is 1. The quantitative estimate of drug-likeness (QED) is 0.593. The van der Waals surface area contributed by atoms with Gasteiger partial charge in [0.15, 0.2) is 0 Å². The average molecular weight is 314 g/mol. The number of fused-ring (bicyclic) bond motifs is 1. The summed E-state index contributed by atoms with van der Waals surface area (Å²) >= 11 is 5.80. The number of rotatable bonds is 3. The summed E-state index contributed by atoms with van der Waals surface area (Å²) in [6, 6.07) is 6.90. The van der Waals surface area contributed by atoms with Gasteiger partial charge in [-0.05, 0) is 12.1 Å². The molecule has 1 N–H and O–H groups in total. The van der Waals surface area contributed by atoms with Crippen molar-refractivity contribution in [2.45, 2.75) is 6.43 Å². The van der Waals surface area contributed by atoms with E-state index in [0.717, 1.165) is 4.68 Å². The zero-order valence-corrected chi connectivity index (χ0v) is 10.9. The molecule has 2 aromatic heterocycles. The number of H-pyrrole nitrogens is 1. The number of halogens is 3. The highest BCUT2D eigenvalue weighted by molar-refractivity contribution is 6.32. The van der Waals surface area contributed by atoms with Crippen molar-refractivity contribution in [3.63, 3.8) is 0 Å². The van der Waals surface area contributed by atoms with E-state index in [9.17, 15) is 18.9 Å². The van der Waals surface area contributed by atoms with E-state index in [1.165, 1.54) is 0 Å². The number of aromatic amines is 1. The van der Waals surface area contributed by atoms with Crippen molar-refractivity contribution in [3.05, 3.63) is 45.2 Å². The van der Waals surface area contributed by atoms with E-state index in [1.807, 2.05) is 0 Å². The van der Waals surface area contributed by atoms with Crippen LogP contribution in [-0.4, -0.2) is 24.7 Å². The van der Waals surface area contributed by atoms with Crippen LogP contribution in [-0.2, 0) is 0 Å². The van der Waals surface area contributed by atoms with Gasteiger partial charge in [0.2, 0.25) is 16.8 Å². The van der Waals surface area contributed by atoms with Crippen molar-refractivity contribution < 1.29 is 13.7 Å². The van der Waals surface area contributed by atoms with Crippen LogP contribution in [0, 0.1) is 10.1 Å². The van der Waals surface area contributed by atoms with Gasteiger partial charge in [-0.15, -0.1) is 0 Å². The summed E-state index contributed by atoms with van der Waals surface area (Å²) in [4.78, 5) is 16.8. The van der Waals surface area contributed by atoms with E-state index in [2.05, 4.69) is 15.1 Å². The van der Waals surface area contributed by atoms with Crippen molar-refractivity contribution in [3.8, 4) is 5.95 Å². The lowest BCUT2D eigenvalue weighted by Crippen LogP contribution is -1.99. The van der Waals surface area contributed by atoms with Gasteiger partial charge >= 0.3 is 5.69 Å². The molecule has 0 spiro atoms. The Balaban J connectivity index is 2.22. The van der Waals surface area contributed by atoms with Crippen molar-refractivity contribution >= 4 is 28.3 Å². The van der Waals surface area contributed by atoms with Gasteiger partial charge in [-0.25, -0.2) is 13.8 Å².